The fourth-order valence-corrected chi connectivity index (χ4v) is 1.65. The van der Waals surface area contributed by atoms with E-state index in [1.807, 2.05) is 18.2 Å². The van der Waals surface area contributed by atoms with Crippen molar-refractivity contribution >= 4 is 11.4 Å². The van der Waals surface area contributed by atoms with Crippen molar-refractivity contribution in [3.8, 4) is 0 Å². The molecule has 0 saturated heterocycles. The van der Waals surface area contributed by atoms with Crippen LogP contribution in [-0.4, -0.2) is 10.7 Å². The zero-order chi connectivity index (χ0) is 12.6. The Bertz CT molecular complexity index is 492. The molecule has 0 aliphatic rings. The number of hydrogen-bond acceptors (Lipinski definition) is 3. The number of hydrogen-bond donors (Lipinski definition) is 1. The highest BCUT2D eigenvalue weighted by molar-refractivity contribution is 5.86. The zero-order valence-corrected chi connectivity index (χ0v) is 10.5. The van der Waals surface area contributed by atoms with Crippen molar-refractivity contribution in [1.82, 2.24) is 4.98 Å². The van der Waals surface area contributed by atoms with Crippen molar-refractivity contribution in [3.05, 3.63) is 60.4 Å². The molecule has 0 atom stereocenters. The van der Waals surface area contributed by atoms with E-state index in [4.69, 9.17) is 0 Å². The van der Waals surface area contributed by atoms with Crippen LogP contribution < -0.4 is 5.43 Å². The topological polar surface area (TPSA) is 37.3 Å². The summed E-state index contributed by atoms with van der Waals surface area (Å²) in [6.45, 7) is 2.12. The summed E-state index contributed by atoms with van der Waals surface area (Å²) in [5, 5.41) is 4.45. The molecule has 18 heavy (non-hydrogen) atoms. The Morgan fingerprint density at radius 2 is 1.83 bits per heavy atom. The van der Waals surface area contributed by atoms with Gasteiger partial charge in [0.2, 0.25) is 0 Å². The van der Waals surface area contributed by atoms with E-state index in [1.54, 1.807) is 12.4 Å². The molecule has 0 aliphatic heterocycles. The number of nitrogens with zero attached hydrogens (tertiary/aromatic N) is 2. The molecule has 0 bridgehead atoms. The molecule has 1 aromatic heterocycles. The summed E-state index contributed by atoms with van der Waals surface area (Å²) in [6.07, 6.45) is 5.32. The minimum Gasteiger partial charge on any atom is -0.278 e. The first kappa shape index (κ1) is 12.3. The summed E-state index contributed by atoms with van der Waals surface area (Å²) in [6, 6.07) is 14.2. The molecule has 2 rings (SSSR count). The molecule has 92 valence electrons. The van der Waals surface area contributed by atoms with Gasteiger partial charge in [0.1, 0.15) is 0 Å². The van der Waals surface area contributed by atoms with Gasteiger partial charge in [-0.05, 0) is 24.1 Å². The van der Waals surface area contributed by atoms with E-state index >= 15 is 0 Å². The predicted molar refractivity (Wildman–Crippen MR) is 75.7 cm³/mol. The van der Waals surface area contributed by atoms with Crippen LogP contribution in [0.4, 0.5) is 5.69 Å². The maximum Gasteiger partial charge on any atom is 0.0592 e. The summed E-state index contributed by atoms with van der Waals surface area (Å²) in [5.41, 5.74) is 6.45. The molecule has 1 aromatic carbocycles. The molecular weight excluding hydrogens is 222 g/mol. The second kappa shape index (κ2) is 6.55. The molecule has 1 N–H and O–H groups in total. The van der Waals surface area contributed by atoms with Crippen LogP contribution in [0.2, 0.25) is 0 Å². The van der Waals surface area contributed by atoms with E-state index in [-0.39, 0.29) is 0 Å². The van der Waals surface area contributed by atoms with Crippen molar-refractivity contribution < 1.29 is 0 Å². The number of benzene rings is 1. The third-order valence-corrected chi connectivity index (χ3v) is 2.68. The smallest absolute Gasteiger partial charge is 0.0592 e. The Morgan fingerprint density at radius 1 is 1.11 bits per heavy atom. The van der Waals surface area contributed by atoms with Gasteiger partial charge in [-0.15, -0.1) is 0 Å². The molecule has 3 nitrogen and oxygen atoms in total. The second-order valence-electron chi connectivity index (χ2n) is 4.04. The Morgan fingerprint density at radius 3 is 2.50 bits per heavy atom. The lowest BCUT2D eigenvalue weighted by molar-refractivity contribution is 1.14. The normalized spacial score (nSPS) is 11.3. The largest absolute Gasteiger partial charge is 0.278 e. The van der Waals surface area contributed by atoms with Gasteiger partial charge in [0.05, 0.1) is 5.69 Å². The number of anilines is 1. The van der Waals surface area contributed by atoms with Gasteiger partial charge in [0.25, 0.3) is 0 Å². The van der Waals surface area contributed by atoms with Crippen molar-refractivity contribution in [2.24, 2.45) is 5.10 Å². The lowest BCUT2D eigenvalue weighted by Crippen LogP contribution is -2.05. The van der Waals surface area contributed by atoms with E-state index in [2.05, 4.69) is 46.7 Å². The van der Waals surface area contributed by atoms with E-state index in [9.17, 15) is 0 Å². The van der Waals surface area contributed by atoms with Crippen LogP contribution in [0.25, 0.3) is 0 Å². The third kappa shape index (κ3) is 3.70. The predicted octanol–water partition coefficient (Wildman–Crippen LogP) is 3.50. The molecule has 0 amide bonds. The van der Waals surface area contributed by atoms with Crippen LogP contribution in [0.1, 0.15) is 18.9 Å². The average molecular weight is 239 g/mol. The second-order valence-corrected chi connectivity index (χ2v) is 4.04. The minimum atomic E-state index is 0.884. The number of aromatic nitrogens is 1. The molecule has 0 radical (unpaired) electrons. The Balaban J connectivity index is 2.00. The Hall–Kier alpha value is -2.16. The molecule has 2 aromatic rings. The molecule has 0 spiro atoms. The third-order valence-electron chi connectivity index (χ3n) is 2.68. The van der Waals surface area contributed by atoms with Gasteiger partial charge in [0.15, 0.2) is 0 Å². The maximum absolute atomic E-state index is 4.45. The summed E-state index contributed by atoms with van der Waals surface area (Å²) < 4.78 is 0. The van der Waals surface area contributed by atoms with Gasteiger partial charge in [-0.2, -0.15) is 5.10 Å². The fourth-order valence-electron chi connectivity index (χ4n) is 1.65. The Labute approximate surface area is 108 Å². The van der Waals surface area contributed by atoms with Crippen LogP contribution in [0.5, 0.6) is 0 Å². The molecule has 0 aliphatic carbocycles. The fraction of sp³-hybridized carbons (Fsp3) is 0.200. The zero-order valence-electron chi connectivity index (χ0n) is 10.5. The summed E-state index contributed by atoms with van der Waals surface area (Å²) in [7, 11) is 0. The summed E-state index contributed by atoms with van der Waals surface area (Å²) in [5.74, 6) is 0. The first-order valence-corrected chi connectivity index (χ1v) is 6.14. The molecular formula is C15H17N3. The standard InChI is InChI=1S/C15H17N3/c1-2-14(12-13-6-4-3-5-7-13)17-18-15-8-10-16-11-9-15/h3-11H,2,12H2,1H3,(H,16,18)/b17-14-. The van der Waals surface area contributed by atoms with E-state index < -0.39 is 0 Å². The molecule has 0 fully saturated rings. The van der Waals surface area contributed by atoms with E-state index in [0.29, 0.717) is 0 Å². The van der Waals surface area contributed by atoms with Gasteiger partial charge in [-0.3, -0.25) is 10.4 Å². The van der Waals surface area contributed by atoms with Crippen LogP contribution in [0.3, 0.4) is 0 Å². The SMILES string of the molecule is CC/C(Cc1ccccc1)=N/Nc1ccncc1. The molecule has 3 heteroatoms. The van der Waals surface area contributed by atoms with E-state index in [0.717, 1.165) is 24.2 Å². The molecule has 0 unspecified atom stereocenters. The lowest BCUT2D eigenvalue weighted by Gasteiger charge is -2.05. The van der Waals surface area contributed by atoms with Gasteiger partial charge < -0.3 is 0 Å². The van der Waals surface area contributed by atoms with Crippen molar-refractivity contribution in [2.45, 2.75) is 19.8 Å². The number of nitrogens with one attached hydrogen (secondary N) is 1. The highest BCUT2D eigenvalue weighted by Gasteiger charge is 1.99. The van der Waals surface area contributed by atoms with Crippen LogP contribution in [-0.2, 0) is 6.42 Å². The van der Waals surface area contributed by atoms with Crippen LogP contribution >= 0.6 is 0 Å². The lowest BCUT2D eigenvalue weighted by atomic mass is 10.1. The molecule has 0 saturated carbocycles. The first-order chi connectivity index (χ1) is 8.88. The summed E-state index contributed by atoms with van der Waals surface area (Å²) >= 11 is 0. The number of pyridine rings is 1. The van der Waals surface area contributed by atoms with Crippen LogP contribution in [0.15, 0.2) is 60.0 Å². The highest BCUT2D eigenvalue weighted by atomic mass is 15.3. The number of rotatable bonds is 5. The van der Waals surface area contributed by atoms with Crippen molar-refractivity contribution in [2.75, 3.05) is 5.43 Å². The monoisotopic (exact) mass is 239 g/mol. The summed E-state index contributed by atoms with van der Waals surface area (Å²) in [4.78, 5) is 3.97. The Kier molecular flexibility index (Phi) is 4.47. The van der Waals surface area contributed by atoms with E-state index in [1.165, 1.54) is 5.56 Å². The quantitative estimate of drug-likeness (QED) is 0.640. The average Bonchev–Trinajstić information content (AvgIpc) is 2.45. The van der Waals surface area contributed by atoms with Gasteiger partial charge in [-0.1, -0.05) is 37.3 Å². The maximum atomic E-state index is 4.45. The van der Waals surface area contributed by atoms with Gasteiger partial charge >= 0.3 is 0 Å². The van der Waals surface area contributed by atoms with Gasteiger partial charge in [-0.25, -0.2) is 0 Å². The van der Waals surface area contributed by atoms with Crippen LogP contribution in [0, 0.1) is 0 Å². The van der Waals surface area contributed by atoms with Crippen molar-refractivity contribution in [1.29, 1.82) is 0 Å². The molecule has 1 heterocycles. The van der Waals surface area contributed by atoms with Gasteiger partial charge in [0, 0.05) is 24.5 Å². The number of hydrazone groups is 1. The van der Waals surface area contributed by atoms with Crippen molar-refractivity contribution in [3.63, 3.8) is 0 Å². The minimum absolute atomic E-state index is 0.884. The highest BCUT2D eigenvalue weighted by Crippen LogP contribution is 2.06. The first-order valence-electron chi connectivity index (χ1n) is 6.14.